The molecule has 1 unspecified atom stereocenters. The summed E-state index contributed by atoms with van der Waals surface area (Å²) in [5.74, 6) is 2.53. The van der Waals surface area contributed by atoms with Crippen molar-refractivity contribution in [1.29, 1.82) is 0 Å². The highest BCUT2D eigenvalue weighted by Crippen LogP contribution is 2.18. The van der Waals surface area contributed by atoms with Gasteiger partial charge in [0.15, 0.2) is 5.96 Å². The van der Waals surface area contributed by atoms with E-state index in [4.69, 9.17) is 19.2 Å². The second kappa shape index (κ2) is 15.9. The van der Waals surface area contributed by atoms with Crippen molar-refractivity contribution in [3.05, 3.63) is 24.3 Å². The molecule has 1 aliphatic heterocycles. The van der Waals surface area contributed by atoms with Gasteiger partial charge in [-0.15, -0.1) is 24.0 Å². The van der Waals surface area contributed by atoms with Crippen molar-refractivity contribution in [3.63, 3.8) is 0 Å². The number of piperazine rings is 1. The third-order valence-corrected chi connectivity index (χ3v) is 4.90. The summed E-state index contributed by atoms with van der Waals surface area (Å²) in [5, 5.41) is 6.24. The first-order valence-electron chi connectivity index (χ1n) is 10.9. The van der Waals surface area contributed by atoms with E-state index >= 15 is 0 Å². The number of nitrogens with one attached hydrogen (secondary N) is 2. The maximum Gasteiger partial charge on any atom is 0.234 e. The van der Waals surface area contributed by atoms with Crippen molar-refractivity contribution in [2.45, 2.75) is 20.0 Å². The van der Waals surface area contributed by atoms with Gasteiger partial charge >= 0.3 is 0 Å². The lowest BCUT2D eigenvalue weighted by atomic mass is 10.3. The van der Waals surface area contributed by atoms with Gasteiger partial charge in [-0.3, -0.25) is 9.69 Å². The molecule has 1 saturated heterocycles. The molecule has 0 aromatic heterocycles. The minimum atomic E-state index is -0.0564. The molecule has 0 spiro atoms. The van der Waals surface area contributed by atoms with Crippen molar-refractivity contribution in [2.75, 3.05) is 73.2 Å². The number of aliphatic imine (C=N–C) groups is 1. The number of carbonyl (C=O) groups is 1. The van der Waals surface area contributed by atoms with E-state index < -0.39 is 0 Å². The molecule has 1 atom stereocenters. The first kappa shape index (κ1) is 28.2. The fourth-order valence-electron chi connectivity index (χ4n) is 3.23. The zero-order valence-corrected chi connectivity index (χ0v) is 22.0. The standard InChI is InChI=1S/C22H37N5O4.HI/c1-5-23-22(25-16-18(2)31-20-8-6-19(30-4)7-9-20)27-13-11-26(12-14-27)17-21(28)24-10-15-29-3;/h6-9,18H,5,10-17H2,1-4H3,(H,23,25)(H,24,28);1H. The Bertz CT molecular complexity index is 681. The van der Waals surface area contributed by atoms with Crippen LogP contribution < -0.4 is 20.1 Å². The second-order valence-corrected chi connectivity index (χ2v) is 7.40. The van der Waals surface area contributed by atoms with Crippen molar-refractivity contribution in [3.8, 4) is 11.5 Å². The smallest absolute Gasteiger partial charge is 0.234 e. The van der Waals surface area contributed by atoms with Crippen LogP contribution in [0.2, 0.25) is 0 Å². The highest BCUT2D eigenvalue weighted by molar-refractivity contribution is 14.0. The Morgan fingerprint density at radius 1 is 1.09 bits per heavy atom. The highest BCUT2D eigenvalue weighted by atomic mass is 127. The Labute approximate surface area is 208 Å². The van der Waals surface area contributed by atoms with Crippen LogP contribution in [0.25, 0.3) is 0 Å². The predicted octanol–water partition coefficient (Wildman–Crippen LogP) is 1.43. The fraction of sp³-hybridized carbons (Fsp3) is 0.636. The van der Waals surface area contributed by atoms with Gasteiger partial charge in [0.2, 0.25) is 5.91 Å². The largest absolute Gasteiger partial charge is 0.497 e. The number of rotatable bonds is 11. The number of methoxy groups -OCH3 is 2. The highest BCUT2D eigenvalue weighted by Gasteiger charge is 2.21. The normalized spacial score (nSPS) is 15.5. The van der Waals surface area contributed by atoms with Crippen molar-refractivity contribution >= 4 is 35.8 Å². The molecular formula is C22H38IN5O4. The molecule has 10 heteroatoms. The lowest BCUT2D eigenvalue weighted by molar-refractivity contribution is -0.122. The number of guanidine groups is 1. The zero-order chi connectivity index (χ0) is 22.5. The van der Waals surface area contributed by atoms with E-state index in [0.717, 1.165) is 50.2 Å². The first-order valence-corrected chi connectivity index (χ1v) is 10.9. The number of ether oxygens (including phenoxy) is 3. The molecule has 1 heterocycles. The van der Waals surface area contributed by atoms with Crippen molar-refractivity contribution in [1.82, 2.24) is 20.4 Å². The lowest BCUT2D eigenvalue weighted by Crippen LogP contribution is -2.54. The number of hydrogen-bond donors (Lipinski definition) is 2. The third kappa shape index (κ3) is 10.2. The molecule has 0 aliphatic carbocycles. The van der Waals surface area contributed by atoms with E-state index in [9.17, 15) is 4.79 Å². The molecular weight excluding hydrogens is 525 g/mol. The number of hydrogen-bond acceptors (Lipinski definition) is 6. The molecule has 0 radical (unpaired) electrons. The monoisotopic (exact) mass is 563 g/mol. The van der Waals surface area contributed by atoms with Crippen LogP contribution in [0.1, 0.15) is 13.8 Å². The molecule has 9 nitrogen and oxygen atoms in total. The summed E-state index contributed by atoms with van der Waals surface area (Å²) in [6.45, 7) is 10.2. The van der Waals surface area contributed by atoms with Crippen LogP contribution in [-0.2, 0) is 9.53 Å². The van der Waals surface area contributed by atoms with Crippen LogP contribution in [0.4, 0.5) is 0 Å². The van der Waals surface area contributed by atoms with E-state index in [-0.39, 0.29) is 36.0 Å². The van der Waals surface area contributed by atoms with Gasteiger partial charge in [0.1, 0.15) is 17.6 Å². The van der Waals surface area contributed by atoms with E-state index in [0.29, 0.717) is 26.2 Å². The zero-order valence-electron chi connectivity index (χ0n) is 19.6. The molecule has 0 bridgehead atoms. The third-order valence-electron chi connectivity index (χ3n) is 4.90. The van der Waals surface area contributed by atoms with E-state index in [1.54, 1.807) is 14.2 Å². The molecule has 2 rings (SSSR count). The number of carbonyl (C=O) groups excluding carboxylic acids is 1. The second-order valence-electron chi connectivity index (χ2n) is 7.40. The Morgan fingerprint density at radius 3 is 2.34 bits per heavy atom. The average Bonchev–Trinajstić information content (AvgIpc) is 2.78. The van der Waals surface area contributed by atoms with Gasteiger partial charge in [-0.25, -0.2) is 4.99 Å². The first-order chi connectivity index (χ1) is 15.0. The average molecular weight is 563 g/mol. The molecule has 1 aromatic carbocycles. The predicted molar refractivity (Wildman–Crippen MR) is 137 cm³/mol. The number of benzene rings is 1. The van der Waals surface area contributed by atoms with E-state index in [1.165, 1.54) is 0 Å². The summed E-state index contributed by atoms with van der Waals surface area (Å²) in [6.07, 6.45) is -0.0564. The molecule has 2 N–H and O–H groups in total. The molecule has 0 saturated carbocycles. The van der Waals surface area contributed by atoms with Crippen LogP contribution >= 0.6 is 24.0 Å². The molecule has 1 aliphatic rings. The molecule has 1 amide bonds. The Hall–Kier alpha value is -1.79. The Balaban J connectivity index is 0.00000512. The summed E-state index contributed by atoms with van der Waals surface area (Å²) in [7, 11) is 3.27. The Kier molecular flexibility index (Phi) is 14.1. The van der Waals surface area contributed by atoms with Gasteiger partial charge in [-0.2, -0.15) is 0 Å². The summed E-state index contributed by atoms with van der Waals surface area (Å²) < 4.78 is 16.1. The maximum atomic E-state index is 12.0. The van der Waals surface area contributed by atoms with Gasteiger partial charge in [0, 0.05) is 46.4 Å². The van der Waals surface area contributed by atoms with Gasteiger partial charge in [0.05, 0.1) is 26.8 Å². The van der Waals surface area contributed by atoms with Gasteiger partial charge in [0.25, 0.3) is 0 Å². The minimum Gasteiger partial charge on any atom is -0.497 e. The molecule has 1 aromatic rings. The van der Waals surface area contributed by atoms with Crippen molar-refractivity contribution in [2.24, 2.45) is 4.99 Å². The quantitative estimate of drug-likeness (QED) is 0.182. The summed E-state index contributed by atoms with van der Waals surface area (Å²) in [4.78, 5) is 21.2. The van der Waals surface area contributed by atoms with Crippen LogP contribution in [0, 0.1) is 0 Å². The van der Waals surface area contributed by atoms with E-state index in [2.05, 4.69) is 27.4 Å². The number of halogens is 1. The molecule has 32 heavy (non-hydrogen) atoms. The Morgan fingerprint density at radius 2 is 1.75 bits per heavy atom. The SMILES string of the molecule is CCNC(=NCC(C)Oc1ccc(OC)cc1)N1CCN(CC(=O)NCCOC)CC1.I. The van der Waals surface area contributed by atoms with Gasteiger partial charge < -0.3 is 29.7 Å². The lowest BCUT2D eigenvalue weighted by Gasteiger charge is -2.36. The fourth-order valence-corrected chi connectivity index (χ4v) is 3.23. The minimum absolute atomic E-state index is 0. The summed E-state index contributed by atoms with van der Waals surface area (Å²) in [6, 6.07) is 7.56. The van der Waals surface area contributed by atoms with Crippen LogP contribution in [-0.4, -0.2) is 101 Å². The van der Waals surface area contributed by atoms with Crippen molar-refractivity contribution < 1.29 is 19.0 Å². The van der Waals surface area contributed by atoms with Crippen LogP contribution in [0.3, 0.4) is 0 Å². The van der Waals surface area contributed by atoms with E-state index in [1.807, 2.05) is 31.2 Å². The molecule has 182 valence electrons. The number of nitrogens with zero attached hydrogens (tertiary/aromatic N) is 3. The summed E-state index contributed by atoms with van der Waals surface area (Å²) in [5.41, 5.74) is 0. The topological polar surface area (TPSA) is 87.7 Å². The van der Waals surface area contributed by atoms with Gasteiger partial charge in [-0.05, 0) is 38.1 Å². The maximum absolute atomic E-state index is 12.0. The van der Waals surface area contributed by atoms with Crippen LogP contribution in [0.15, 0.2) is 29.3 Å². The van der Waals surface area contributed by atoms with Crippen LogP contribution in [0.5, 0.6) is 11.5 Å². The van der Waals surface area contributed by atoms with Gasteiger partial charge in [-0.1, -0.05) is 0 Å². The molecule has 1 fully saturated rings. The number of amides is 1. The summed E-state index contributed by atoms with van der Waals surface area (Å²) >= 11 is 0.